The zero-order valence-electron chi connectivity index (χ0n) is 5.52. The number of Topliss-reactive ketones (excluding diaryl/α,β-unsaturated/α-hetero) is 1. The monoisotopic (exact) mass is 151 g/mol. The van der Waals surface area contributed by atoms with E-state index in [1.54, 1.807) is 0 Å². The van der Waals surface area contributed by atoms with Crippen molar-refractivity contribution in [2.45, 2.75) is 0 Å². The van der Waals surface area contributed by atoms with Crippen molar-refractivity contribution in [3.8, 4) is 0 Å². The Labute approximate surface area is 63.1 Å². The Morgan fingerprint density at radius 1 is 1.73 bits per heavy atom. The zero-order chi connectivity index (χ0) is 8.27. The van der Waals surface area contributed by atoms with Crippen LogP contribution in [0, 0.1) is 6.92 Å². The van der Waals surface area contributed by atoms with Crippen LogP contribution in [0.4, 0.5) is 0 Å². The summed E-state index contributed by atoms with van der Waals surface area (Å²) in [5.41, 5.74) is 0. The van der Waals surface area contributed by atoms with Crippen molar-refractivity contribution in [3.63, 3.8) is 0 Å². The molecule has 0 aliphatic carbocycles. The van der Waals surface area contributed by atoms with Crippen LogP contribution in [-0.2, 0) is 0 Å². The molecule has 1 aromatic heterocycles. The highest BCUT2D eigenvalue weighted by atomic mass is 16.4. The first-order valence-electron chi connectivity index (χ1n) is 2.81. The van der Waals surface area contributed by atoms with E-state index in [0.29, 0.717) is 0 Å². The van der Waals surface area contributed by atoms with Gasteiger partial charge in [0.2, 0.25) is 5.78 Å². The summed E-state index contributed by atoms with van der Waals surface area (Å²) in [7, 11) is 0. The predicted octanol–water partition coefficient (Wildman–Crippen LogP) is 0.981. The highest BCUT2D eigenvalue weighted by Gasteiger charge is 2.03. The Balaban J connectivity index is 2.90. The molecule has 1 heterocycles. The van der Waals surface area contributed by atoms with Gasteiger partial charge >= 0.3 is 0 Å². The molecule has 1 N–H and O–H groups in total. The highest BCUT2D eigenvalue weighted by Crippen LogP contribution is 2.05. The maximum atomic E-state index is 10.4. The molecule has 0 bridgehead atoms. The first kappa shape index (κ1) is 7.53. The van der Waals surface area contributed by atoms with Gasteiger partial charge in [-0.2, -0.15) is 0 Å². The van der Waals surface area contributed by atoms with Gasteiger partial charge in [0.05, 0.1) is 0 Å². The number of ketones is 1. The van der Waals surface area contributed by atoms with Gasteiger partial charge in [0.15, 0.2) is 5.76 Å². The van der Waals surface area contributed by atoms with E-state index in [9.17, 15) is 4.79 Å². The fourth-order valence-electron chi connectivity index (χ4n) is 0.612. The van der Waals surface area contributed by atoms with Crippen molar-refractivity contribution < 1.29 is 14.4 Å². The minimum atomic E-state index is -0.650. The Kier molecular flexibility index (Phi) is 2.06. The molecule has 0 aromatic carbocycles. The molecule has 1 rings (SSSR count). The van der Waals surface area contributed by atoms with Crippen molar-refractivity contribution >= 4 is 12.0 Å². The van der Waals surface area contributed by atoms with Gasteiger partial charge in [-0.25, -0.2) is 0 Å². The smallest absolute Gasteiger partial charge is 0.202 e. The maximum Gasteiger partial charge on any atom is 0.202 e. The molecule has 0 unspecified atom stereocenters. The topological polar surface area (TPSA) is 62.8 Å². The molecule has 0 aliphatic rings. The van der Waals surface area contributed by atoms with Crippen molar-refractivity contribution in [2.24, 2.45) is 5.16 Å². The van der Waals surface area contributed by atoms with Gasteiger partial charge in [-0.15, -0.1) is 0 Å². The number of rotatable bonds is 2. The molecule has 4 nitrogen and oxygen atoms in total. The van der Waals surface area contributed by atoms with Crippen LogP contribution in [0.1, 0.15) is 16.3 Å². The molecule has 56 valence electrons. The lowest BCUT2D eigenvalue weighted by atomic mass is 10.3. The van der Waals surface area contributed by atoms with Gasteiger partial charge in [0.25, 0.3) is 0 Å². The van der Waals surface area contributed by atoms with E-state index in [-0.39, 0.29) is 11.5 Å². The predicted molar refractivity (Wildman–Crippen MR) is 36.7 cm³/mol. The summed E-state index contributed by atoms with van der Waals surface area (Å²) in [6.07, 6.45) is 1.06. The Bertz CT molecular complexity index is 288. The largest absolute Gasteiger partial charge is 0.452 e. The van der Waals surface area contributed by atoms with Crippen LogP contribution in [0.15, 0.2) is 21.7 Å². The van der Waals surface area contributed by atoms with E-state index < -0.39 is 5.78 Å². The lowest BCUT2D eigenvalue weighted by Crippen LogP contribution is -1.87. The molecule has 2 radical (unpaired) electrons. The number of nitrogens with zero attached hydrogens (tertiary/aromatic N) is 1. The van der Waals surface area contributed by atoms with Crippen molar-refractivity contribution in [1.82, 2.24) is 0 Å². The molecule has 0 fully saturated rings. The third-order valence-electron chi connectivity index (χ3n) is 1.05. The van der Waals surface area contributed by atoms with Crippen LogP contribution >= 0.6 is 0 Å². The zero-order valence-corrected chi connectivity index (χ0v) is 5.52. The van der Waals surface area contributed by atoms with E-state index in [0.717, 1.165) is 6.21 Å². The second-order valence-corrected chi connectivity index (χ2v) is 1.81. The Hall–Kier alpha value is -1.58. The molecule has 0 atom stereocenters. The second-order valence-electron chi connectivity index (χ2n) is 1.81. The van der Waals surface area contributed by atoms with Crippen LogP contribution < -0.4 is 0 Å². The molecular formula is C7H5NO3. The summed E-state index contributed by atoms with van der Waals surface area (Å²) >= 11 is 0. The molecular weight excluding hydrogens is 146 g/mol. The van der Waals surface area contributed by atoms with Gasteiger partial charge in [0, 0.05) is 6.92 Å². The van der Waals surface area contributed by atoms with E-state index in [1.165, 1.54) is 12.1 Å². The van der Waals surface area contributed by atoms with Gasteiger partial charge in [0.1, 0.15) is 12.0 Å². The molecule has 0 amide bonds. The van der Waals surface area contributed by atoms with Crippen LogP contribution in [0.3, 0.4) is 0 Å². The Morgan fingerprint density at radius 2 is 2.45 bits per heavy atom. The van der Waals surface area contributed by atoms with Gasteiger partial charge in [-0.05, 0) is 12.1 Å². The molecule has 0 aliphatic heterocycles. The van der Waals surface area contributed by atoms with E-state index >= 15 is 0 Å². The van der Waals surface area contributed by atoms with Gasteiger partial charge < -0.3 is 9.62 Å². The van der Waals surface area contributed by atoms with Crippen molar-refractivity contribution in [3.05, 3.63) is 30.6 Å². The van der Waals surface area contributed by atoms with E-state index in [4.69, 9.17) is 16.5 Å². The summed E-state index contributed by atoms with van der Waals surface area (Å²) in [5, 5.41) is 10.8. The van der Waals surface area contributed by atoms with Crippen LogP contribution in [0.2, 0.25) is 0 Å². The normalized spacial score (nSPS) is 10.6. The average molecular weight is 151 g/mol. The fourth-order valence-corrected chi connectivity index (χ4v) is 0.612. The summed E-state index contributed by atoms with van der Waals surface area (Å²) in [4.78, 5) is 10.4. The SMILES string of the molecule is [CH]C(=O)c1ccc(C=NO)o1. The standard InChI is InChI=1S/C7H5NO3/c1-5(9)7-3-2-6(11-7)4-8-10/h1-4,10H. The first-order valence-corrected chi connectivity index (χ1v) is 2.81. The number of hydrogen-bond acceptors (Lipinski definition) is 4. The summed E-state index contributed by atoms with van der Waals surface area (Å²) in [6.45, 7) is 4.88. The number of hydrogen-bond donors (Lipinski definition) is 1. The molecule has 1 aromatic rings. The highest BCUT2D eigenvalue weighted by molar-refractivity contribution is 5.97. The first-order chi connectivity index (χ1) is 5.24. The lowest BCUT2D eigenvalue weighted by Gasteiger charge is -1.83. The van der Waals surface area contributed by atoms with Crippen LogP contribution in [0.25, 0.3) is 0 Å². The lowest BCUT2D eigenvalue weighted by molar-refractivity contribution is 0.101. The summed E-state index contributed by atoms with van der Waals surface area (Å²) in [6, 6.07) is 2.87. The number of oxime groups is 1. The minimum absolute atomic E-state index is 0.0416. The molecule has 11 heavy (non-hydrogen) atoms. The summed E-state index contributed by atoms with van der Waals surface area (Å²) < 4.78 is 4.80. The van der Waals surface area contributed by atoms with Gasteiger partial charge in [-0.3, -0.25) is 4.79 Å². The fraction of sp³-hybridized carbons (Fsp3) is 0. The average Bonchev–Trinajstić information content (AvgIpc) is 2.37. The van der Waals surface area contributed by atoms with Crippen LogP contribution in [-0.4, -0.2) is 17.2 Å². The third kappa shape index (κ3) is 1.67. The minimum Gasteiger partial charge on any atom is -0.452 e. The second kappa shape index (κ2) is 3.01. The number of carbonyl (C=O) groups excluding carboxylic acids is 1. The number of carbonyl (C=O) groups is 1. The Morgan fingerprint density at radius 3 is 2.91 bits per heavy atom. The number of furan rings is 1. The van der Waals surface area contributed by atoms with Gasteiger partial charge in [-0.1, -0.05) is 5.16 Å². The van der Waals surface area contributed by atoms with E-state index in [2.05, 4.69) is 5.16 Å². The summed E-state index contributed by atoms with van der Waals surface area (Å²) in [5.74, 6) is -0.330. The molecule has 0 saturated carbocycles. The molecule has 0 saturated heterocycles. The molecule has 4 heteroatoms. The van der Waals surface area contributed by atoms with Crippen molar-refractivity contribution in [2.75, 3.05) is 0 Å². The van der Waals surface area contributed by atoms with Crippen LogP contribution in [0.5, 0.6) is 0 Å². The third-order valence-corrected chi connectivity index (χ3v) is 1.05. The molecule has 0 spiro atoms. The van der Waals surface area contributed by atoms with E-state index in [1.807, 2.05) is 0 Å². The quantitative estimate of drug-likeness (QED) is 0.296. The maximum absolute atomic E-state index is 10.4. The van der Waals surface area contributed by atoms with Crippen molar-refractivity contribution in [1.29, 1.82) is 0 Å².